The lowest BCUT2D eigenvalue weighted by molar-refractivity contribution is -0.121. The SMILES string of the molecule is CC1CC(C)CN(CC(=O)NC(=O)NCc2ccccc2)C1. The van der Waals surface area contributed by atoms with Crippen molar-refractivity contribution in [2.75, 3.05) is 19.6 Å². The van der Waals surface area contributed by atoms with Gasteiger partial charge in [0.15, 0.2) is 0 Å². The van der Waals surface area contributed by atoms with Crippen LogP contribution in [0.15, 0.2) is 30.3 Å². The third-order valence-electron chi connectivity index (χ3n) is 3.86. The summed E-state index contributed by atoms with van der Waals surface area (Å²) in [5.41, 5.74) is 1.00. The minimum absolute atomic E-state index is 0.244. The molecule has 1 heterocycles. The molecule has 5 nitrogen and oxygen atoms in total. The Labute approximate surface area is 132 Å². The van der Waals surface area contributed by atoms with Crippen LogP contribution in [0.3, 0.4) is 0 Å². The first-order valence-electron chi connectivity index (χ1n) is 7.87. The van der Waals surface area contributed by atoms with Crippen LogP contribution in [-0.4, -0.2) is 36.5 Å². The molecule has 2 rings (SSSR count). The van der Waals surface area contributed by atoms with Gasteiger partial charge in [0.2, 0.25) is 5.91 Å². The van der Waals surface area contributed by atoms with Gasteiger partial charge in [0.05, 0.1) is 6.54 Å². The van der Waals surface area contributed by atoms with Crippen molar-refractivity contribution in [3.63, 3.8) is 0 Å². The van der Waals surface area contributed by atoms with Gasteiger partial charge in [-0.05, 0) is 23.8 Å². The van der Waals surface area contributed by atoms with E-state index in [1.807, 2.05) is 30.3 Å². The van der Waals surface area contributed by atoms with Crippen molar-refractivity contribution in [2.24, 2.45) is 11.8 Å². The summed E-state index contributed by atoms with van der Waals surface area (Å²) in [5.74, 6) is 0.957. The Bertz CT molecular complexity index is 494. The van der Waals surface area contributed by atoms with Crippen molar-refractivity contribution in [1.82, 2.24) is 15.5 Å². The topological polar surface area (TPSA) is 61.4 Å². The third kappa shape index (κ3) is 5.48. The van der Waals surface area contributed by atoms with E-state index < -0.39 is 6.03 Å². The van der Waals surface area contributed by atoms with Gasteiger partial charge in [0.25, 0.3) is 0 Å². The molecule has 0 aliphatic carbocycles. The molecule has 5 heteroatoms. The fourth-order valence-electron chi connectivity index (χ4n) is 3.11. The van der Waals surface area contributed by atoms with Gasteiger partial charge < -0.3 is 5.32 Å². The molecule has 1 aliphatic rings. The van der Waals surface area contributed by atoms with Gasteiger partial charge in [-0.3, -0.25) is 15.0 Å². The minimum Gasteiger partial charge on any atom is -0.334 e. The summed E-state index contributed by atoms with van der Waals surface area (Å²) in [6, 6.07) is 9.18. The molecule has 0 spiro atoms. The summed E-state index contributed by atoms with van der Waals surface area (Å²) >= 11 is 0. The summed E-state index contributed by atoms with van der Waals surface area (Å²) in [5, 5.41) is 5.09. The largest absolute Gasteiger partial charge is 0.334 e. The number of nitrogens with one attached hydrogen (secondary N) is 2. The highest BCUT2D eigenvalue weighted by Gasteiger charge is 2.23. The van der Waals surface area contributed by atoms with Crippen molar-refractivity contribution < 1.29 is 9.59 Å². The van der Waals surface area contributed by atoms with E-state index in [-0.39, 0.29) is 12.5 Å². The van der Waals surface area contributed by atoms with E-state index in [1.165, 1.54) is 6.42 Å². The molecule has 3 amide bonds. The molecular weight excluding hydrogens is 278 g/mol. The van der Waals surface area contributed by atoms with Crippen molar-refractivity contribution in [3.8, 4) is 0 Å². The van der Waals surface area contributed by atoms with Gasteiger partial charge >= 0.3 is 6.03 Å². The zero-order valence-corrected chi connectivity index (χ0v) is 13.3. The van der Waals surface area contributed by atoms with E-state index in [0.717, 1.165) is 18.7 Å². The van der Waals surface area contributed by atoms with Crippen molar-refractivity contribution in [3.05, 3.63) is 35.9 Å². The number of rotatable bonds is 4. The Morgan fingerprint density at radius 3 is 2.41 bits per heavy atom. The van der Waals surface area contributed by atoms with Crippen LogP contribution in [0.25, 0.3) is 0 Å². The maximum atomic E-state index is 11.9. The Kier molecular flexibility index (Phi) is 5.95. The second-order valence-electron chi connectivity index (χ2n) is 6.36. The number of urea groups is 1. The maximum absolute atomic E-state index is 11.9. The average molecular weight is 303 g/mol. The van der Waals surface area contributed by atoms with Crippen LogP contribution < -0.4 is 10.6 Å². The number of imide groups is 1. The smallest absolute Gasteiger partial charge is 0.321 e. The summed E-state index contributed by atoms with van der Waals surface area (Å²) in [6.07, 6.45) is 1.20. The zero-order chi connectivity index (χ0) is 15.9. The first-order chi connectivity index (χ1) is 10.5. The maximum Gasteiger partial charge on any atom is 0.321 e. The van der Waals surface area contributed by atoms with Crippen LogP contribution in [-0.2, 0) is 11.3 Å². The molecule has 0 radical (unpaired) electrons. The van der Waals surface area contributed by atoms with E-state index >= 15 is 0 Å². The lowest BCUT2D eigenvalue weighted by atomic mass is 9.92. The van der Waals surface area contributed by atoms with E-state index in [2.05, 4.69) is 29.4 Å². The second-order valence-corrected chi connectivity index (χ2v) is 6.36. The Hall–Kier alpha value is -1.88. The van der Waals surface area contributed by atoms with Gasteiger partial charge in [-0.2, -0.15) is 0 Å². The molecule has 0 bridgehead atoms. The normalized spacial score (nSPS) is 22.1. The first kappa shape index (κ1) is 16.5. The molecule has 1 aromatic rings. The van der Waals surface area contributed by atoms with Crippen molar-refractivity contribution >= 4 is 11.9 Å². The van der Waals surface area contributed by atoms with Crippen molar-refractivity contribution in [1.29, 1.82) is 0 Å². The Morgan fingerprint density at radius 1 is 1.14 bits per heavy atom. The number of carbonyl (C=O) groups excluding carboxylic acids is 2. The number of amides is 3. The number of hydrogen-bond acceptors (Lipinski definition) is 3. The highest BCUT2D eigenvalue weighted by Crippen LogP contribution is 2.20. The van der Waals surface area contributed by atoms with Gasteiger partial charge in [0.1, 0.15) is 0 Å². The fourth-order valence-corrected chi connectivity index (χ4v) is 3.11. The van der Waals surface area contributed by atoms with Gasteiger partial charge in [-0.25, -0.2) is 4.79 Å². The quantitative estimate of drug-likeness (QED) is 0.894. The van der Waals surface area contributed by atoms with E-state index in [1.54, 1.807) is 0 Å². The average Bonchev–Trinajstić information content (AvgIpc) is 2.45. The van der Waals surface area contributed by atoms with Crippen LogP contribution in [0, 0.1) is 11.8 Å². The van der Waals surface area contributed by atoms with Crippen molar-refractivity contribution in [2.45, 2.75) is 26.8 Å². The van der Waals surface area contributed by atoms with Gasteiger partial charge in [0, 0.05) is 19.6 Å². The fraction of sp³-hybridized carbons (Fsp3) is 0.529. The van der Waals surface area contributed by atoms with Crippen LogP contribution >= 0.6 is 0 Å². The molecule has 2 unspecified atom stereocenters. The molecule has 0 saturated carbocycles. The molecule has 0 aromatic heterocycles. The van der Waals surface area contributed by atoms with Crippen LogP contribution in [0.2, 0.25) is 0 Å². The Balaban J connectivity index is 1.71. The number of likely N-dealkylation sites (tertiary alicyclic amines) is 1. The molecule has 2 N–H and O–H groups in total. The summed E-state index contributed by atoms with van der Waals surface area (Å²) in [4.78, 5) is 25.8. The van der Waals surface area contributed by atoms with E-state index in [4.69, 9.17) is 0 Å². The lowest BCUT2D eigenvalue weighted by Gasteiger charge is -2.34. The number of hydrogen-bond donors (Lipinski definition) is 2. The van der Waals surface area contributed by atoms with Gasteiger partial charge in [-0.1, -0.05) is 44.2 Å². The van der Waals surface area contributed by atoms with Crippen LogP contribution in [0.5, 0.6) is 0 Å². The highest BCUT2D eigenvalue weighted by molar-refractivity contribution is 5.95. The molecule has 1 saturated heterocycles. The number of carbonyl (C=O) groups is 2. The predicted molar refractivity (Wildman–Crippen MR) is 86.2 cm³/mol. The second kappa shape index (κ2) is 7.94. The molecule has 120 valence electrons. The summed E-state index contributed by atoms with van der Waals surface area (Å²) in [6.45, 7) is 6.94. The Morgan fingerprint density at radius 2 is 1.77 bits per heavy atom. The monoisotopic (exact) mass is 303 g/mol. The molecule has 1 aliphatic heterocycles. The molecule has 1 fully saturated rings. The van der Waals surface area contributed by atoms with E-state index in [0.29, 0.717) is 18.4 Å². The molecular formula is C17H25N3O2. The molecule has 22 heavy (non-hydrogen) atoms. The van der Waals surface area contributed by atoms with Crippen LogP contribution in [0.1, 0.15) is 25.8 Å². The standard InChI is InChI=1S/C17H25N3O2/c1-13-8-14(2)11-20(10-13)12-16(21)19-17(22)18-9-15-6-4-3-5-7-15/h3-7,13-14H,8-12H2,1-2H3,(H2,18,19,21,22). The highest BCUT2D eigenvalue weighted by atomic mass is 16.2. The number of nitrogens with zero attached hydrogens (tertiary/aromatic N) is 1. The van der Waals surface area contributed by atoms with Gasteiger partial charge in [-0.15, -0.1) is 0 Å². The molecule has 1 aromatic carbocycles. The third-order valence-corrected chi connectivity index (χ3v) is 3.86. The minimum atomic E-state index is -0.438. The summed E-state index contributed by atoms with van der Waals surface area (Å²) < 4.78 is 0. The summed E-state index contributed by atoms with van der Waals surface area (Å²) in [7, 11) is 0. The first-order valence-corrected chi connectivity index (χ1v) is 7.87. The lowest BCUT2D eigenvalue weighted by Crippen LogP contribution is -2.47. The predicted octanol–water partition coefficient (Wildman–Crippen LogP) is 1.99. The zero-order valence-electron chi connectivity index (χ0n) is 13.3. The number of piperidine rings is 1. The van der Waals surface area contributed by atoms with E-state index in [9.17, 15) is 9.59 Å². The molecule has 2 atom stereocenters. The number of benzene rings is 1. The van der Waals surface area contributed by atoms with Crippen LogP contribution in [0.4, 0.5) is 4.79 Å².